The van der Waals surface area contributed by atoms with E-state index in [0.29, 0.717) is 12.6 Å². The summed E-state index contributed by atoms with van der Waals surface area (Å²) in [6.45, 7) is 4.44. The number of benzene rings is 1. The Balaban J connectivity index is 3.06. The fourth-order valence-corrected chi connectivity index (χ4v) is 2.80. The summed E-state index contributed by atoms with van der Waals surface area (Å²) >= 11 is 1.64. The van der Waals surface area contributed by atoms with Crippen LogP contribution in [0.2, 0.25) is 0 Å². The summed E-state index contributed by atoms with van der Waals surface area (Å²) in [6, 6.07) is 1.47. The lowest BCUT2D eigenvalue weighted by atomic mass is 10.0. The van der Waals surface area contributed by atoms with Gasteiger partial charge in [0.1, 0.15) is 11.5 Å². The second kappa shape index (κ2) is 6.88. The van der Waals surface area contributed by atoms with Gasteiger partial charge in [-0.05, 0) is 19.1 Å². The van der Waals surface area contributed by atoms with Gasteiger partial charge in [-0.1, -0.05) is 13.8 Å². The molecule has 0 unspecified atom stereocenters. The van der Waals surface area contributed by atoms with Gasteiger partial charge in [0, 0.05) is 23.4 Å². The third kappa shape index (κ3) is 3.59. The van der Waals surface area contributed by atoms with Crippen LogP contribution in [-0.4, -0.2) is 22.5 Å². The van der Waals surface area contributed by atoms with E-state index in [1.807, 2.05) is 20.1 Å². The standard InChI is InChI=1S/C13H18F2N2O2S/c1-4-13(5-2,20-3)8-16-11-7-9(14)6-10(15)12(11)17(18)19/h6-7,16H,4-5,8H2,1-3H3. The number of hydrogen-bond acceptors (Lipinski definition) is 4. The zero-order valence-corrected chi connectivity index (χ0v) is 12.5. The van der Waals surface area contributed by atoms with E-state index in [0.717, 1.165) is 18.9 Å². The van der Waals surface area contributed by atoms with Gasteiger partial charge in [0.05, 0.1) is 4.92 Å². The van der Waals surface area contributed by atoms with Crippen LogP contribution < -0.4 is 5.32 Å². The highest BCUT2D eigenvalue weighted by Gasteiger charge is 2.27. The molecule has 0 atom stereocenters. The summed E-state index contributed by atoms with van der Waals surface area (Å²) in [7, 11) is 0. The van der Waals surface area contributed by atoms with E-state index in [4.69, 9.17) is 0 Å². The summed E-state index contributed by atoms with van der Waals surface area (Å²) in [5, 5.41) is 13.7. The number of rotatable bonds is 7. The van der Waals surface area contributed by atoms with Gasteiger partial charge in [-0.15, -0.1) is 0 Å². The Hall–Kier alpha value is -1.37. The molecule has 0 aliphatic carbocycles. The van der Waals surface area contributed by atoms with Gasteiger partial charge >= 0.3 is 5.69 Å². The van der Waals surface area contributed by atoms with Crippen LogP contribution in [0.4, 0.5) is 20.2 Å². The molecule has 4 nitrogen and oxygen atoms in total. The van der Waals surface area contributed by atoms with Crippen molar-refractivity contribution in [1.29, 1.82) is 0 Å². The normalized spacial score (nSPS) is 11.4. The van der Waals surface area contributed by atoms with Crippen molar-refractivity contribution in [3.05, 3.63) is 33.9 Å². The fraction of sp³-hybridized carbons (Fsp3) is 0.538. The maximum absolute atomic E-state index is 13.5. The highest BCUT2D eigenvalue weighted by atomic mass is 32.2. The second-order valence-electron chi connectivity index (χ2n) is 4.49. The van der Waals surface area contributed by atoms with Crippen molar-refractivity contribution in [3.8, 4) is 0 Å². The zero-order chi connectivity index (χ0) is 15.3. The van der Waals surface area contributed by atoms with Crippen LogP contribution in [0.5, 0.6) is 0 Å². The number of nitrogens with zero attached hydrogens (tertiary/aromatic N) is 1. The summed E-state index contributed by atoms with van der Waals surface area (Å²) in [5.41, 5.74) is -0.832. The van der Waals surface area contributed by atoms with E-state index in [1.54, 1.807) is 11.8 Å². The molecule has 1 rings (SSSR count). The molecule has 0 heterocycles. The minimum absolute atomic E-state index is 0.114. The Bertz CT molecular complexity index is 485. The molecule has 0 bridgehead atoms. The molecule has 1 aromatic rings. The maximum atomic E-state index is 13.5. The molecule has 1 N–H and O–H groups in total. The molecule has 7 heteroatoms. The van der Waals surface area contributed by atoms with Crippen molar-refractivity contribution in [1.82, 2.24) is 0 Å². The topological polar surface area (TPSA) is 55.2 Å². The molecule has 20 heavy (non-hydrogen) atoms. The minimum atomic E-state index is -1.17. The van der Waals surface area contributed by atoms with Gasteiger partial charge in [0.2, 0.25) is 5.82 Å². The lowest BCUT2D eigenvalue weighted by Gasteiger charge is -2.30. The number of thioether (sulfide) groups is 1. The number of nitro groups is 1. The fourth-order valence-electron chi connectivity index (χ4n) is 2.00. The first-order chi connectivity index (χ1) is 9.39. The van der Waals surface area contributed by atoms with E-state index < -0.39 is 22.2 Å². The SMILES string of the molecule is CCC(CC)(CNc1cc(F)cc(F)c1[N+](=O)[O-])SC. The van der Waals surface area contributed by atoms with E-state index in [-0.39, 0.29) is 10.4 Å². The molecule has 0 aliphatic rings. The quantitative estimate of drug-likeness (QED) is 0.605. The first-order valence-corrected chi connectivity index (χ1v) is 7.54. The van der Waals surface area contributed by atoms with Crippen molar-refractivity contribution in [2.75, 3.05) is 18.1 Å². The van der Waals surface area contributed by atoms with Crippen LogP contribution in [0, 0.1) is 21.7 Å². The lowest BCUT2D eigenvalue weighted by molar-refractivity contribution is -0.386. The van der Waals surface area contributed by atoms with Crippen LogP contribution in [0.3, 0.4) is 0 Å². The van der Waals surface area contributed by atoms with Crippen LogP contribution in [0.15, 0.2) is 12.1 Å². The largest absolute Gasteiger partial charge is 0.378 e. The third-order valence-corrected chi connectivity index (χ3v) is 5.12. The molecular formula is C13H18F2N2O2S. The van der Waals surface area contributed by atoms with Gasteiger partial charge in [-0.2, -0.15) is 16.2 Å². The van der Waals surface area contributed by atoms with Gasteiger partial charge in [0.15, 0.2) is 0 Å². The second-order valence-corrected chi connectivity index (χ2v) is 5.76. The van der Waals surface area contributed by atoms with Crippen LogP contribution >= 0.6 is 11.8 Å². The highest BCUT2D eigenvalue weighted by Crippen LogP contribution is 2.33. The molecule has 0 aliphatic heterocycles. The lowest BCUT2D eigenvalue weighted by Crippen LogP contribution is -2.32. The number of nitrogens with one attached hydrogen (secondary N) is 1. The third-order valence-electron chi connectivity index (χ3n) is 3.53. The van der Waals surface area contributed by atoms with Crippen molar-refractivity contribution >= 4 is 23.1 Å². The van der Waals surface area contributed by atoms with Crippen LogP contribution in [-0.2, 0) is 0 Å². The van der Waals surface area contributed by atoms with E-state index in [1.165, 1.54) is 0 Å². The molecule has 0 saturated heterocycles. The van der Waals surface area contributed by atoms with E-state index in [2.05, 4.69) is 5.32 Å². The molecular weight excluding hydrogens is 286 g/mol. The molecule has 112 valence electrons. The average molecular weight is 304 g/mol. The molecule has 0 radical (unpaired) electrons. The smallest absolute Gasteiger partial charge is 0.327 e. The Morgan fingerprint density at radius 3 is 2.40 bits per heavy atom. The highest BCUT2D eigenvalue weighted by molar-refractivity contribution is 8.00. The van der Waals surface area contributed by atoms with Crippen molar-refractivity contribution in [2.45, 2.75) is 31.4 Å². The molecule has 0 amide bonds. The van der Waals surface area contributed by atoms with Gasteiger partial charge in [-0.25, -0.2) is 4.39 Å². The zero-order valence-electron chi connectivity index (χ0n) is 11.7. The molecule has 0 aromatic heterocycles. The summed E-state index contributed by atoms with van der Waals surface area (Å²) in [5.74, 6) is -2.00. The first-order valence-electron chi connectivity index (χ1n) is 6.31. The predicted molar refractivity (Wildman–Crippen MR) is 78.3 cm³/mol. The number of hydrogen-bond donors (Lipinski definition) is 1. The van der Waals surface area contributed by atoms with Crippen LogP contribution in [0.25, 0.3) is 0 Å². The Kier molecular flexibility index (Phi) is 5.74. The average Bonchev–Trinajstić information content (AvgIpc) is 2.39. The van der Waals surface area contributed by atoms with Gasteiger partial charge < -0.3 is 5.32 Å². The number of anilines is 1. The molecule has 0 fully saturated rings. The summed E-state index contributed by atoms with van der Waals surface area (Å²) < 4.78 is 26.6. The summed E-state index contributed by atoms with van der Waals surface area (Å²) in [4.78, 5) is 10.0. The van der Waals surface area contributed by atoms with Crippen molar-refractivity contribution in [2.24, 2.45) is 0 Å². The first kappa shape index (κ1) is 16.7. The molecule has 0 saturated carbocycles. The van der Waals surface area contributed by atoms with Gasteiger partial charge in [0.25, 0.3) is 0 Å². The minimum Gasteiger partial charge on any atom is -0.378 e. The predicted octanol–water partition coefficient (Wildman–Crippen LogP) is 4.21. The summed E-state index contributed by atoms with van der Waals surface area (Å²) in [6.07, 6.45) is 3.65. The van der Waals surface area contributed by atoms with Crippen molar-refractivity contribution in [3.63, 3.8) is 0 Å². The van der Waals surface area contributed by atoms with Crippen molar-refractivity contribution < 1.29 is 13.7 Å². The Labute approximate surface area is 121 Å². The molecule has 1 aromatic carbocycles. The number of nitro benzene ring substituents is 1. The van der Waals surface area contributed by atoms with Gasteiger partial charge in [-0.3, -0.25) is 10.1 Å². The molecule has 0 spiro atoms. The Morgan fingerprint density at radius 1 is 1.35 bits per heavy atom. The van der Waals surface area contributed by atoms with E-state index in [9.17, 15) is 18.9 Å². The number of halogens is 2. The van der Waals surface area contributed by atoms with E-state index >= 15 is 0 Å². The monoisotopic (exact) mass is 304 g/mol. The maximum Gasteiger partial charge on any atom is 0.327 e. The van der Waals surface area contributed by atoms with Crippen LogP contribution in [0.1, 0.15) is 26.7 Å². The Morgan fingerprint density at radius 2 is 1.95 bits per heavy atom.